The zero-order valence-electron chi connectivity index (χ0n) is 12.8. The van der Waals surface area contributed by atoms with Crippen LogP contribution in [0, 0.1) is 30.6 Å². The molecule has 1 fully saturated rings. The maximum absolute atomic E-state index is 13.0. The summed E-state index contributed by atoms with van der Waals surface area (Å²) in [5.41, 5.74) is -0.836. The molecule has 0 aromatic heterocycles. The summed E-state index contributed by atoms with van der Waals surface area (Å²) >= 11 is 0. The van der Waals surface area contributed by atoms with Crippen molar-refractivity contribution in [3.63, 3.8) is 0 Å². The molecule has 0 heterocycles. The Labute approximate surface area is 136 Å². The molecule has 2 aliphatic rings. The second kappa shape index (κ2) is 5.65. The first-order chi connectivity index (χ1) is 11.2. The Balaban J connectivity index is 1.86. The van der Waals surface area contributed by atoms with Crippen molar-refractivity contribution >= 4 is 17.6 Å². The Hall–Kier alpha value is -2.31. The molecule has 4 nitrogen and oxygen atoms in total. The van der Waals surface area contributed by atoms with Gasteiger partial charge in [-0.2, -0.15) is 13.2 Å². The molecule has 7 heteroatoms. The number of nitrogens with one attached hydrogen (secondary N) is 1. The summed E-state index contributed by atoms with van der Waals surface area (Å²) in [6, 6.07) is 3.56. The minimum Gasteiger partial charge on any atom is -0.481 e. The van der Waals surface area contributed by atoms with Crippen LogP contribution in [0.25, 0.3) is 0 Å². The summed E-state index contributed by atoms with van der Waals surface area (Å²) in [6.07, 6.45) is -0.281. The van der Waals surface area contributed by atoms with Crippen molar-refractivity contribution in [3.8, 4) is 0 Å². The van der Waals surface area contributed by atoms with Crippen LogP contribution in [0.15, 0.2) is 30.4 Å². The van der Waals surface area contributed by atoms with E-state index in [2.05, 4.69) is 5.32 Å². The summed E-state index contributed by atoms with van der Waals surface area (Å²) in [6.45, 7) is 1.29. The fraction of sp³-hybridized carbons (Fsp3) is 0.412. The van der Waals surface area contributed by atoms with E-state index in [0.717, 1.165) is 6.07 Å². The Morgan fingerprint density at radius 1 is 1.17 bits per heavy atom. The van der Waals surface area contributed by atoms with E-state index in [4.69, 9.17) is 0 Å². The van der Waals surface area contributed by atoms with Crippen LogP contribution in [-0.4, -0.2) is 17.0 Å². The van der Waals surface area contributed by atoms with Crippen LogP contribution in [0.3, 0.4) is 0 Å². The van der Waals surface area contributed by atoms with Crippen LogP contribution < -0.4 is 5.32 Å². The first kappa shape index (κ1) is 16.5. The monoisotopic (exact) mass is 339 g/mol. The normalized spacial score (nSPS) is 28.2. The fourth-order valence-corrected chi connectivity index (χ4v) is 3.81. The number of amides is 1. The van der Waals surface area contributed by atoms with Crippen LogP contribution in [0.2, 0.25) is 0 Å². The molecular formula is C17H16F3NO3. The third-order valence-electron chi connectivity index (χ3n) is 4.94. The van der Waals surface area contributed by atoms with Gasteiger partial charge >= 0.3 is 12.1 Å². The predicted octanol–water partition coefficient (Wildman–Crippen LogP) is 3.48. The third kappa shape index (κ3) is 2.68. The molecule has 2 N–H and O–H groups in total. The summed E-state index contributed by atoms with van der Waals surface area (Å²) in [5.74, 6) is -3.54. The van der Waals surface area contributed by atoms with E-state index in [0.29, 0.717) is 6.42 Å². The molecule has 3 rings (SSSR count). The number of alkyl halides is 3. The number of carbonyl (C=O) groups excluding carboxylic acids is 1. The Bertz CT molecular complexity index is 726. The summed E-state index contributed by atoms with van der Waals surface area (Å²) in [4.78, 5) is 24.0. The van der Waals surface area contributed by atoms with Crippen LogP contribution >= 0.6 is 0 Å². The Morgan fingerprint density at radius 2 is 1.79 bits per heavy atom. The Kier molecular flexibility index (Phi) is 3.89. The van der Waals surface area contributed by atoms with E-state index < -0.39 is 35.5 Å². The first-order valence-corrected chi connectivity index (χ1v) is 7.59. The number of aliphatic carboxylic acids is 1. The van der Waals surface area contributed by atoms with Crippen LogP contribution in [0.1, 0.15) is 17.5 Å². The van der Waals surface area contributed by atoms with Crippen molar-refractivity contribution in [2.75, 3.05) is 5.32 Å². The second-order valence-corrected chi connectivity index (χ2v) is 6.30. The van der Waals surface area contributed by atoms with Crippen molar-refractivity contribution in [2.45, 2.75) is 19.5 Å². The first-order valence-electron chi connectivity index (χ1n) is 7.59. The molecular weight excluding hydrogens is 323 g/mol. The van der Waals surface area contributed by atoms with E-state index in [1.165, 1.54) is 19.1 Å². The average Bonchev–Trinajstić information content (AvgIpc) is 3.08. The van der Waals surface area contributed by atoms with E-state index >= 15 is 0 Å². The molecule has 1 aromatic rings. The summed E-state index contributed by atoms with van der Waals surface area (Å²) in [7, 11) is 0. The standard InChI is InChI=1S/C17H16F3NO3/c1-8-11(17(18,19)20)3-2-4-12(8)21-15(22)13-9-5-6-10(7-9)14(13)16(23)24/h2-6,9-10,13-14H,7H2,1H3,(H,21,22)(H,23,24). The molecule has 0 radical (unpaired) electrons. The minimum absolute atomic E-state index is 0.0608. The Morgan fingerprint density at radius 3 is 2.38 bits per heavy atom. The molecule has 128 valence electrons. The lowest BCUT2D eigenvalue weighted by molar-refractivity contribution is -0.146. The highest BCUT2D eigenvalue weighted by molar-refractivity contribution is 5.97. The highest BCUT2D eigenvalue weighted by atomic mass is 19.4. The molecule has 2 aliphatic carbocycles. The molecule has 1 amide bonds. The summed E-state index contributed by atoms with van der Waals surface area (Å²) in [5, 5.41) is 11.9. The zero-order chi connectivity index (χ0) is 17.6. The minimum atomic E-state index is -4.51. The van der Waals surface area contributed by atoms with Gasteiger partial charge in [-0.25, -0.2) is 0 Å². The molecule has 2 bridgehead atoms. The highest BCUT2D eigenvalue weighted by Gasteiger charge is 2.51. The molecule has 4 atom stereocenters. The quantitative estimate of drug-likeness (QED) is 0.829. The predicted molar refractivity (Wildman–Crippen MR) is 80.2 cm³/mol. The fourth-order valence-electron chi connectivity index (χ4n) is 3.81. The number of rotatable bonds is 3. The lowest BCUT2D eigenvalue weighted by atomic mass is 9.82. The largest absolute Gasteiger partial charge is 0.481 e. The molecule has 0 spiro atoms. The van der Waals surface area contributed by atoms with E-state index in [1.54, 1.807) is 0 Å². The maximum atomic E-state index is 13.0. The lowest BCUT2D eigenvalue weighted by Gasteiger charge is -2.24. The van der Waals surface area contributed by atoms with Crippen molar-refractivity contribution in [1.82, 2.24) is 0 Å². The molecule has 0 saturated heterocycles. The SMILES string of the molecule is Cc1c(NC(=O)C2C3C=CC(C3)C2C(=O)O)cccc1C(F)(F)F. The van der Waals surface area contributed by atoms with E-state index in [-0.39, 0.29) is 23.1 Å². The molecule has 1 saturated carbocycles. The molecule has 1 aromatic carbocycles. The molecule has 24 heavy (non-hydrogen) atoms. The van der Waals surface area contributed by atoms with Gasteiger partial charge in [-0.3, -0.25) is 9.59 Å². The smallest absolute Gasteiger partial charge is 0.416 e. The van der Waals surface area contributed by atoms with Gasteiger partial charge in [-0.15, -0.1) is 0 Å². The number of carbonyl (C=O) groups is 2. The van der Waals surface area contributed by atoms with Crippen LogP contribution in [0.4, 0.5) is 18.9 Å². The highest BCUT2D eigenvalue weighted by Crippen LogP contribution is 2.48. The topological polar surface area (TPSA) is 66.4 Å². The van der Waals surface area contributed by atoms with E-state index in [9.17, 15) is 27.9 Å². The van der Waals surface area contributed by atoms with Gasteiger partial charge < -0.3 is 10.4 Å². The van der Waals surface area contributed by atoms with Gasteiger partial charge in [-0.05, 0) is 42.9 Å². The average molecular weight is 339 g/mol. The van der Waals surface area contributed by atoms with Crippen molar-refractivity contribution in [1.29, 1.82) is 0 Å². The number of allylic oxidation sites excluding steroid dienone is 2. The zero-order valence-corrected chi connectivity index (χ0v) is 12.8. The number of halogens is 3. The van der Waals surface area contributed by atoms with Crippen molar-refractivity contribution < 1.29 is 27.9 Å². The number of fused-ring (bicyclic) bond motifs is 2. The number of hydrogen-bond donors (Lipinski definition) is 2. The lowest BCUT2D eigenvalue weighted by Crippen LogP contribution is -2.36. The number of carboxylic acids is 1. The van der Waals surface area contributed by atoms with E-state index in [1.807, 2.05) is 12.2 Å². The van der Waals surface area contributed by atoms with Crippen molar-refractivity contribution in [2.24, 2.45) is 23.7 Å². The van der Waals surface area contributed by atoms with Gasteiger partial charge in [0.1, 0.15) is 0 Å². The summed E-state index contributed by atoms with van der Waals surface area (Å²) < 4.78 is 38.9. The van der Waals surface area contributed by atoms with Gasteiger partial charge in [0.2, 0.25) is 5.91 Å². The maximum Gasteiger partial charge on any atom is 0.416 e. The second-order valence-electron chi connectivity index (χ2n) is 6.30. The van der Waals surface area contributed by atoms with Gasteiger partial charge in [0.25, 0.3) is 0 Å². The van der Waals surface area contributed by atoms with Gasteiger partial charge in [0, 0.05) is 5.69 Å². The van der Waals surface area contributed by atoms with Gasteiger partial charge in [-0.1, -0.05) is 18.2 Å². The number of hydrogen-bond acceptors (Lipinski definition) is 2. The van der Waals surface area contributed by atoms with Gasteiger partial charge in [0.15, 0.2) is 0 Å². The van der Waals surface area contributed by atoms with Crippen LogP contribution in [0.5, 0.6) is 0 Å². The third-order valence-corrected chi connectivity index (χ3v) is 4.94. The number of anilines is 1. The molecule has 0 aliphatic heterocycles. The molecule has 4 unspecified atom stereocenters. The number of carboxylic acid groups (broad SMARTS) is 1. The number of benzene rings is 1. The van der Waals surface area contributed by atoms with Gasteiger partial charge in [0.05, 0.1) is 17.4 Å². The van der Waals surface area contributed by atoms with Crippen LogP contribution in [-0.2, 0) is 15.8 Å². The van der Waals surface area contributed by atoms with Crippen molar-refractivity contribution in [3.05, 3.63) is 41.5 Å².